The second-order valence-corrected chi connectivity index (χ2v) is 11.7. The molecule has 1 N–H and O–H groups in total. The first-order valence-electron chi connectivity index (χ1n) is 16.4. The highest BCUT2D eigenvalue weighted by molar-refractivity contribution is 5.77. The van der Waals surface area contributed by atoms with Crippen molar-refractivity contribution in [2.75, 3.05) is 11.9 Å². The molecule has 0 atom stereocenters. The Hall–Kier alpha value is -2.76. The number of unbranched alkanes of at least 4 members (excludes halogenated alkanes) is 13. The van der Waals surface area contributed by atoms with Crippen LogP contribution >= 0.6 is 0 Å². The third kappa shape index (κ3) is 13.5. The molecule has 0 amide bonds. The van der Waals surface area contributed by atoms with Crippen molar-refractivity contribution in [1.82, 2.24) is 9.78 Å². The van der Waals surface area contributed by atoms with Crippen LogP contribution in [-0.2, 0) is 19.9 Å². The quantitative estimate of drug-likeness (QED) is 0.113. The van der Waals surface area contributed by atoms with Crippen LogP contribution in [0.5, 0.6) is 0 Å². The number of anilines is 1. The van der Waals surface area contributed by atoms with Crippen LogP contribution in [0.1, 0.15) is 114 Å². The zero-order chi connectivity index (χ0) is 29.8. The van der Waals surface area contributed by atoms with Gasteiger partial charge in [-0.05, 0) is 67.9 Å². The number of benzene rings is 2. The third-order valence-electron chi connectivity index (χ3n) is 8.08. The lowest BCUT2D eigenvalue weighted by molar-refractivity contribution is 0.133. The average molecular weight is 584 g/mol. The molecular weight excluding hydrogens is 531 g/mol. The van der Waals surface area contributed by atoms with E-state index >= 15 is 0 Å². The van der Waals surface area contributed by atoms with Crippen molar-refractivity contribution in [3.8, 4) is 11.1 Å². The first kappa shape index (κ1) is 33.7. The van der Waals surface area contributed by atoms with Crippen LogP contribution in [0.2, 0.25) is 0 Å². The number of halogens is 3. The van der Waals surface area contributed by atoms with Gasteiger partial charge in [0, 0.05) is 37.5 Å². The number of aryl methyl sites for hydroxylation is 3. The lowest BCUT2D eigenvalue weighted by atomic mass is 10.0. The molecule has 0 aliphatic heterocycles. The van der Waals surface area contributed by atoms with Gasteiger partial charge in [-0.15, -0.1) is 0 Å². The van der Waals surface area contributed by atoms with E-state index < -0.39 is 6.43 Å². The van der Waals surface area contributed by atoms with Crippen LogP contribution in [0.15, 0.2) is 54.7 Å². The summed E-state index contributed by atoms with van der Waals surface area (Å²) in [7, 11) is 2.02. The molecule has 3 rings (SSSR count). The van der Waals surface area contributed by atoms with Crippen LogP contribution in [0.25, 0.3) is 11.1 Å². The van der Waals surface area contributed by atoms with Gasteiger partial charge in [0.1, 0.15) is 5.82 Å². The molecule has 0 unspecified atom stereocenters. The minimum Gasteiger partial charge on any atom is -0.385 e. The van der Waals surface area contributed by atoms with Crippen molar-refractivity contribution in [3.05, 3.63) is 71.8 Å². The van der Waals surface area contributed by atoms with E-state index in [1.807, 2.05) is 36.0 Å². The highest BCUT2D eigenvalue weighted by atomic mass is 19.3. The third-order valence-corrected chi connectivity index (χ3v) is 8.08. The van der Waals surface area contributed by atoms with E-state index in [4.69, 9.17) is 5.10 Å². The molecule has 0 radical (unpaired) electrons. The Morgan fingerprint density at radius 2 is 1.33 bits per heavy atom. The molecule has 42 heavy (non-hydrogen) atoms. The second kappa shape index (κ2) is 20.2. The molecule has 0 saturated heterocycles. The number of hydrogen-bond acceptors (Lipinski definition) is 2. The lowest BCUT2D eigenvalue weighted by Crippen LogP contribution is -2.02. The van der Waals surface area contributed by atoms with Crippen molar-refractivity contribution in [2.45, 2.75) is 122 Å². The van der Waals surface area contributed by atoms with Crippen LogP contribution in [-0.4, -0.2) is 22.8 Å². The minimum absolute atomic E-state index is 0.0544. The number of rotatable bonds is 23. The van der Waals surface area contributed by atoms with E-state index in [-0.39, 0.29) is 12.2 Å². The van der Waals surface area contributed by atoms with Crippen molar-refractivity contribution in [3.63, 3.8) is 0 Å². The van der Waals surface area contributed by atoms with E-state index in [0.29, 0.717) is 6.42 Å². The van der Waals surface area contributed by atoms with Gasteiger partial charge in [0.05, 0.1) is 5.69 Å². The van der Waals surface area contributed by atoms with Crippen molar-refractivity contribution >= 4 is 5.69 Å². The Bertz CT molecular complexity index is 1130. The summed E-state index contributed by atoms with van der Waals surface area (Å²) in [6.45, 7) is 0.934. The molecule has 6 heteroatoms. The zero-order valence-electron chi connectivity index (χ0n) is 25.7. The monoisotopic (exact) mass is 583 g/mol. The van der Waals surface area contributed by atoms with Crippen LogP contribution in [0.4, 0.5) is 18.9 Å². The minimum atomic E-state index is -2.15. The maximum atomic E-state index is 13.7. The average Bonchev–Trinajstić information content (AvgIpc) is 3.33. The Balaban J connectivity index is 1.18. The fourth-order valence-electron chi connectivity index (χ4n) is 5.75. The Morgan fingerprint density at radius 1 is 0.714 bits per heavy atom. The summed E-state index contributed by atoms with van der Waals surface area (Å²) in [5, 5.41) is 8.27. The first-order chi connectivity index (χ1) is 20.5. The summed E-state index contributed by atoms with van der Waals surface area (Å²) in [5.41, 5.74) is 5.70. The molecule has 3 nitrogen and oxygen atoms in total. The van der Waals surface area contributed by atoms with Gasteiger partial charge in [-0.1, -0.05) is 101 Å². The fourth-order valence-corrected chi connectivity index (χ4v) is 5.75. The van der Waals surface area contributed by atoms with E-state index in [0.717, 1.165) is 68.3 Å². The van der Waals surface area contributed by atoms with Gasteiger partial charge in [0.25, 0.3) is 0 Å². The van der Waals surface area contributed by atoms with Crippen LogP contribution in [0, 0.1) is 5.82 Å². The maximum absolute atomic E-state index is 13.7. The van der Waals surface area contributed by atoms with Crippen molar-refractivity contribution in [1.29, 1.82) is 0 Å². The molecule has 0 spiro atoms. The predicted molar refractivity (Wildman–Crippen MR) is 171 cm³/mol. The molecule has 1 heterocycles. The Labute approximate surface area is 252 Å². The fraction of sp³-hybridized carbons (Fsp3) is 0.583. The molecule has 0 bridgehead atoms. The highest BCUT2D eigenvalue weighted by Gasteiger charge is 2.08. The number of alkyl halides is 2. The van der Waals surface area contributed by atoms with Gasteiger partial charge in [-0.2, -0.15) is 5.10 Å². The van der Waals surface area contributed by atoms with Crippen molar-refractivity contribution < 1.29 is 13.2 Å². The standard InChI is InChI=1S/C36H52F3N3/c1-42-29-31(34(41-42)24-14-10-6-4-7-11-15-26-36(38)39)20-13-9-5-2-3-8-12-18-27-40-35-25-17-16-23-33(35)30-21-19-22-32(37)28-30/h16-17,19,21-23,25,28-29,36,40H,2-15,18,20,24,26-27H2,1H3. The van der Waals surface area contributed by atoms with E-state index in [2.05, 4.69) is 17.6 Å². The molecular formula is C36H52F3N3. The molecule has 0 aliphatic rings. The van der Waals surface area contributed by atoms with Crippen LogP contribution < -0.4 is 5.32 Å². The molecule has 1 aromatic heterocycles. The normalized spacial score (nSPS) is 11.5. The molecule has 0 saturated carbocycles. The number of nitrogens with zero attached hydrogens (tertiary/aromatic N) is 2. The summed E-state index contributed by atoms with van der Waals surface area (Å²) in [5.74, 6) is -0.206. The van der Waals surface area contributed by atoms with Gasteiger partial charge in [-0.3, -0.25) is 4.68 Å². The number of nitrogens with one attached hydrogen (secondary N) is 1. The zero-order valence-corrected chi connectivity index (χ0v) is 25.7. The Kier molecular flexibility index (Phi) is 16.2. The molecule has 232 valence electrons. The van der Waals surface area contributed by atoms with Crippen LogP contribution in [0.3, 0.4) is 0 Å². The highest BCUT2D eigenvalue weighted by Crippen LogP contribution is 2.28. The summed E-state index contributed by atoms with van der Waals surface area (Å²) in [6.07, 6.45) is 19.7. The van der Waals surface area contributed by atoms with E-state index in [1.54, 1.807) is 12.1 Å². The van der Waals surface area contributed by atoms with Gasteiger partial charge in [0.15, 0.2) is 0 Å². The Morgan fingerprint density at radius 3 is 2.02 bits per heavy atom. The summed E-state index contributed by atoms with van der Waals surface area (Å²) < 4.78 is 40.0. The van der Waals surface area contributed by atoms with Gasteiger partial charge in [0.2, 0.25) is 6.43 Å². The second-order valence-electron chi connectivity index (χ2n) is 11.7. The first-order valence-corrected chi connectivity index (χ1v) is 16.4. The molecule has 0 fully saturated rings. The summed E-state index contributed by atoms with van der Waals surface area (Å²) in [6, 6.07) is 14.9. The van der Waals surface area contributed by atoms with Gasteiger partial charge in [-0.25, -0.2) is 13.2 Å². The molecule has 2 aromatic carbocycles. The van der Waals surface area contributed by atoms with Gasteiger partial charge >= 0.3 is 0 Å². The van der Waals surface area contributed by atoms with Crippen molar-refractivity contribution in [2.24, 2.45) is 7.05 Å². The summed E-state index contributed by atoms with van der Waals surface area (Å²) in [4.78, 5) is 0. The molecule has 0 aliphatic carbocycles. The van der Waals surface area contributed by atoms with E-state index in [9.17, 15) is 13.2 Å². The number of hydrogen-bond donors (Lipinski definition) is 1. The maximum Gasteiger partial charge on any atom is 0.238 e. The number of para-hydroxylation sites is 1. The topological polar surface area (TPSA) is 29.9 Å². The van der Waals surface area contributed by atoms with E-state index in [1.165, 1.54) is 75.1 Å². The number of aromatic nitrogens is 2. The summed E-state index contributed by atoms with van der Waals surface area (Å²) >= 11 is 0. The SMILES string of the molecule is Cn1cc(CCCCCCCCCCNc2ccccc2-c2cccc(F)c2)c(CCCCCCCCCC(F)F)n1. The lowest BCUT2D eigenvalue weighted by Gasteiger charge is -2.12. The smallest absolute Gasteiger partial charge is 0.238 e. The predicted octanol–water partition coefficient (Wildman–Crippen LogP) is 10.9. The van der Waals surface area contributed by atoms with Gasteiger partial charge < -0.3 is 5.32 Å². The molecule has 3 aromatic rings. The largest absolute Gasteiger partial charge is 0.385 e.